The standard InChI is InChI=1S/C15H13BrFNOS/c1-18(9-10-3-2-4-11(17)7-10)15(19)13-8-12(20)5-6-14(13)16/h2-8,20H,9H2,1H3. The van der Waals surface area contributed by atoms with E-state index in [-0.39, 0.29) is 11.7 Å². The van der Waals surface area contributed by atoms with Gasteiger partial charge < -0.3 is 4.90 Å². The van der Waals surface area contributed by atoms with E-state index < -0.39 is 0 Å². The van der Waals surface area contributed by atoms with Gasteiger partial charge in [0.2, 0.25) is 0 Å². The van der Waals surface area contributed by atoms with Crippen LogP contribution in [0.1, 0.15) is 15.9 Å². The Labute approximate surface area is 131 Å². The molecular formula is C15H13BrFNOS. The highest BCUT2D eigenvalue weighted by Crippen LogP contribution is 2.22. The Hall–Kier alpha value is -1.33. The fourth-order valence-corrected chi connectivity index (χ4v) is 2.48. The normalized spacial score (nSPS) is 10.4. The first-order valence-corrected chi connectivity index (χ1v) is 7.20. The molecule has 0 saturated carbocycles. The highest BCUT2D eigenvalue weighted by Gasteiger charge is 2.15. The predicted octanol–water partition coefficient (Wildman–Crippen LogP) is 4.15. The van der Waals surface area contributed by atoms with Gasteiger partial charge in [-0.2, -0.15) is 0 Å². The molecular weight excluding hydrogens is 341 g/mol. The Bertz CT molecular complexity index is 648. The molecule has 0 heterocycles. The molecule has 2 aromatic rings. The van der Waals surface area contributed by atoms with Crippen LogP contribution in [-0.4, -0.2) is 17.9 Å². The Morgan fingerprint density at radius 1 is 1.30 bits per heavy atom. The predicted molar refractivity (Wildman–Crippen MR) is 83.6 cm³/mol. The number of carbonyl (C=O) groups is 1. The summed E-state index contributed by atoms with van der Waals surface area (Å²) in [7, 11) is 1.69. The van der Waals surface area contributed by atoms with E-state index in [1.165, 1.54) is 12.1 Å². The zero-order chi connectivity index (χ0) is 14.7. The molecule has 2 rings (SSSR count). The van der Waals surface area contributed by atoms with Gasteiger partial charge in [-0.15, -0.1) is 12.6 Å². The lowest BCUT2D eigenvalue weighted by Crippen LogP contribution is -2.26. The maximum atomic E-state index is 13.1. The van der Waals surface area contributed by atoms with Crippen molar-refractivity contribution in [1.82, 2.24) is 4.90 Å². The van der Waals surface area contributed by atoms with Crippen molar-refractivity contribution in [3.8, 4) is 0 Å². The quantitative estimate of drug-likeness (QED) is 0.821. The zero-order valence-corrected chi connectivity index (χ0v) is 13.3. The van der Waals surface area contributed by atoms with E-state index in [0.717, 1.165) is 10.5 Å². The molecule has 1 amide bonds. The van der Waals surface area contributed by atoms with Gasteiger partial charge in [0.05, 0.1) is 5.56 Å². The van der Waals surface area contributed by atoms with E-state index in [0.29, 0.717) is 16.6 Å². The molecule has 104 valence electrons. The van der Waals surface area contributed by atoms with Gasteiger partial charge in [-0.25, -0.2) is 4.39 Å². The van der Waals surface area contributed by atoms with Crippen LogP contribution in [0.3, 0.4) is 0 Å². The summed E-state index contributed by atoms with van der Waals surface area (Å²) in [6.45, 7) is 0.347. The van der Waals surface area contributed by atoms with Gasteiger partial charge >= 0.3 is 0 Å². The molecule has 2 aromatic carbocycles. The monoisotopic (exact) mass is 353 g/mol. The number of benzene rings is 2. The van der Waals surface area contributed by atoms with Crippen LogP contribution in [0.5, 0.6) is 0 Å². The van der Waals surface area contributed by atoms with E-state index in [4.69, 9.17) is 0 Å². The van der Waals surface area contributed by atoms with Crippen molar-refractivity contribution in [1.29, 1.82) is 0 Å². The molecule has 0 aliphatic rings. The van der Waals surface area contributed by atoms with Crippen LogP contribution < -0.4 is 0 Å². The molecule has 5 heteroatoms. The summed E-state index contributed by atoms with van der Waals surface area (Å²) in [6.07, 6.45) is 0. The molecule has 0 bridgehead atoms. The first-order chi connectivity index (χ1) is 9.47. The van der Waals surface area contributed by atoms with E-state index in [1.807, 2.05) is 0 Å². The van der Waals surface area contributed by atoms with Crippen molar-refractivity contribution in [3.63, 3.8) is 0 Å². The zero-order valence-electron chi connectivity index (χ0n) is 10.8. The summed E-state index contributed by atoms with van der Waals surface area (Å²) in [5.41, 5.74) is 1.29. The lowest BCUT2D eigenvalue weighted by molar-refractivity contribution is 0.0784. The van der Waals surface area contributed by atoms with Gasteiger partial charge in [0.25, 0.3) is 5.91 Å². The molecule has 0 fully saturated rings. The average Bonchev–Trinajstić information content (AvgIpc) is 2.40. The Balaban J connectivity index is 2.18. The second-order valence-electron chi connectivity index (χ2n) is 4.46. The fraction of sp³-hybridized carbons (Fsp3) is 0.133. The van der Waals surface area contributed by atoms with Crippen LogP contribution in [0.25, 0.3) is 0 Å². The smallest absolute Gasteiger partial charge is 0.255 e. The Morgan fingerprint density at radius 2 is 2.05 bits per heavy atom. The van der Waals surface area contributed by atoms with Crippen LogP contribution in [0.2, 0.25) is 0 Å². The molecule has 0 saturated heterocycles. The van der Waals surface area contributed by atoms with Crippen molar-refractivity contribution in [2.75, 3.05) is 7.05 Å². The SMILES string of the molecule is CN(Cc1cccc(F)c1)C(=O)c1cc(S)ccc1Br. The molecule has 0 aliphatic heterocycles. The number of thiol groups is 1. The number of amides is 1. The van der Waals surface area contributed by atoms with Crippen molar-refractivity contribution >= 4 is 34.5 Å². The average molecular weight is 354 g/mol. The molecule has 0 spiro atoms. The third-order valence-electron chi connectivity index (χ3n) is 2.84. The number of hydrogen-bond donors (Lipinski definition) is 1. The summed E-state index contributed by atoms with van der Waals surface area (Å²) in [5.74, 6) is -0.445. The van der Waals surface area contributed by atoms with Crippen LogP contribution in [-0.2, 0) is 6.54 Å². The number of hydrogen-bond acceptors (Lipinski definition) is 2. The lowest BCUT2D eigenvalue weighted by atomic mass is 10.1. The van der Waals surface area contributed by atoms with Crippen LogP contribution in [0.4, 0.5) is 4.39 Å². The van der Waals surface area contributed by atoms with E-state index >= 15 is 0 Å². The second-order valence-corrected chi connectivity index (χ2v) is 5.83. The molecule has 0 radical (unpaired) electrons. The highest BCUT2D eigenvalue weighted by atomic mass is 79.9. The minimum atomic E-state index is -0.304. The Morgan fingerprint density at radius 3 is 2.75 bits per heavy atom. The Kier molecular flexibility index (Phi) is 4.83. The minimum Gasteiger partial charge on any atom is -0.337 e. The fourth-order valence-electron chi connectivity index (χ4n) is 1.86. The number of halogens is 2. The van der Waals surface area contributed by atoms with Crippen molar-refractivity contribution in [2.45, 2.75) is 11.4 Å². The summed E-state index contributed by atoms with van der Waals surface area (Å²) < 4.78 is 13.9. The van der Waals surface area contributed by atoms with Crippen molar-refractivity contribution < 1.29 is 9.18 Å². The summed E-state index contributed by atoms with van der Waals surface area (Å²) in [4.78, 5) is 14.6. The van der Waals surface area contributed by atoms with Crippen LogP contribution >= 0.6 is 28.6 Å². The molecule has 0 unspecified atom stereocenters. The van der Waals surface area contributed by atoms with Gasteiger partial charge in [-0.05, 0) is 51.8 Å². The largest absolute Gasteiger partial charge is 0.337 e. The minimum absolute atomic E-state index is 0.142. The number of rotatable bonds is 3. The third kappa shape index (κ3) is 3.61. The van der Waals surface area contributed by atoms with Gasteiger partial charge in [0, 0.05) is 23.0 Å². The summed E-state index contributed by atoms with van der Waals surface area (Å²) >= 11 is 7.59. The first kappa shape index (κ1) is 15.1. The van der Waals surface area contributed by atoms with E-state index in [9.17, 15) is 9.18 Å². The molecule has 2 nitrogen and oxygen atoms in total. The maximum Gasteiger partial charge on any atom is 0.255 e. The van der Waals surface area contributed by atoms with E-state index in [1.54, 1.807) is 42.3 Å². The van der Waals surface area contributed by atoms with Gasteiger partial charge in [-0.3, -0.25) is 4.79 Å². The van der Waals surface area contributed by atoms with Crippen molar-refractivity contribution in [3.05, 3.63) is 63.9 Å². The number of carbonyl (C=O) groups excluding carboxylic acids is 1. The molecule has 0 aliphatic carbocycles. The van der Waals surface area contributed by atoms with Crippen LogP contribution in [0, 0.1) is 5.82 Å². The summed E-state index contributed by atoms with van der Waals surface area (Å²) in [6, 6.07) is 11.5. The number of nitrogens with zero attached hydrogens (tertiary/aromatic N) is 1. The topological polar surface area (TPSA) is 20.3 Å². The van der Waals surface area contributed by atoms with Gasteiger partial charge in [0.15, 0.2) is 0 Å². The van der Waals surface area contributed by atoms with E-state index in [2.05, 4.69) is 28.6 Å². The molecule has 0 aromatic heterocycles. The van der Waals surface area contributed by atoms with Gasteiger partial charge in [-0.1, -0.05) is 12.1 Å². The molecule has 20 heavy (non-hydrogen) atoms. The second kappa shape index (κ2) is 6.41. The summed E-state index contributed by atoms with van der Waals surface area (Å²) in [5, 5.41) is 0. The van der Waals surface area contributed by atoms with Crippen LogP contribution in [0.15, 0.2) is 51.8 Å². The third-order valence-corrected chi connectivity index (χ3v) is 3.81. The molecule has 0 atom stereocenters. The molecule has 0 N–H and O–H groups in total. The van der Waals surface area contributed by atoms with Gasteiger partial charge in [0.1, 0.15) is 5.82 Å². The van der Waals surface area contributed by atoms with Crippen molar-refractivity contribution in [2.24, 2.45) is 0 Å². The first-order valence-electron chi connectivity index (χ1n) is 5.96. The lowest BCUT2D eigenvalue weighted by Gasteiger charge is -2.18. The highest BCUT2D eigenvalue weighted by molar-refractivity contribution is 9.10. The maximum absolute atomic E-state index is 13.1.